The van der Waals surface area contributed by atoms with Gasteiger partial charge >= 0.3 is 5.97 Å². The Balaban J connectivity index is 1.72. The van der Waals surface area contributed by atoms with E-state index in [0.717, 1.165) is 11.8 Å². The predicted octanol–water partition coefficient (Wildman–Crippen LogP) is 4.08. The van der Waals surface area contributed by atoms with Crippen molar-refractivity contribution in [1.29, 1.82) is 0 Å². The summed E-state index contributed by atoms with van der Waals surface area (Å²) in [5.74, 6) is -0.803. The summed E-state index contributed by atoms with van der Waals surface area (Å²) in [5.41, 5.74) is 2.53. The standard InChI is InChI=1S/C24H24N2O5S/c1-3-31-24(28)20-8-7-9-21(16-20)25-23(27)19-14-12-18(13-15-19)17-26(32(2,29)30)22-10-5-4-6-11-22/h4-16H,3,17H2,1-2H3,(H,25,27). The molecular weight excluding hydrogens is 428 g/mol. The minimum absolute atomic E-state index is 0.145. The lowest BCUT2D eigenvalue weighted by atomic mass is 10.1. The second-order valence-electron chi connectivity index (χ2n) is 7.06. The molecule has 3 rings (SSSR count). The van der Waals surface area contributed by atoms with Gasteiger partial charge in [-0.2, -0.15) is 0 Å². The van der Waals surface area contributed by atoms with Gasteiger partial charge < -0.3 is 10.1 Å². The molecule has 3 aromatic rings. The number of amides is 1. The number of hydrogen-bond acceptors (Lipinski definition) is 5. The first-order chi connectivity index (χ1) is 15.3. The molecule has 3 aromatic carbocycles. The van der Waals surface area contributed by atoms with Crippen LogP contribution in [0.5, 0.6) is 0 Å². The van der Waals surface area contributed by atoms with E-state index in [1.165, 1.54) is 4.31 Å². The van der Waals surface area contributed by atoms with Crippen molar-refractivity contribution in [2.24, 2.45) is 0 Å². The number of carbonyl (C=O) groups excluding carboxylic acids is 2. The van der Waals surface area contributed by atoms with Gasteiger partial charge in [0.05, 0.1) is 30.7 Å². The first-order valence-corrected chi connectivity index (χ1v) is 11.8. The molecule has 166 valence electrons. The summed E-state index contributed by atoms with van der Waals surface area (Å²) in [4.78, 5) is 24.5. The van der Waals surface area contributed by atoms with Crippen LogP contribution >= 0.6 is 0 Å². The van der Waals surface area contributed by atoms with E-state index in [1.807, 2.05) is 6.07 Å². The third kappa shape index (κ3) is 5.95. The van der Waals surface area contributed by atoms with Crippen LogP contribution < -0.4 is 9.62 Å². The average Bonchev–Trinajstić information content (AvgIpc) is 2.78. The van der Waals surface area contributed by atoms with Crippen LogP contribution in [0.4, 0.5) is 11.4 Å². The summed E-state index contributed by atoms with van der Waals surface area (Å²) in [6.45, 7) is 2.14. The number of ether oxygens (including phenoxy) is 1. The van der Waals surface area contributed by atoms with Gasteiger partial charge in [0.1, 0.15) is 0 Å². The van der Waals surface area contributed by atoms with Gasteiger partial charge in [-0.25, -0.2) is 13.2 Å². The first kappa shape index (κ1) is 23.0. The lowest BCUT2D eigenvalue weighted by Crippen LogP contribution is -2.29. The van der Waals surface area contributed by atoms with Crippen molar-refractivity contribution in [3.63, 3.8) is 0 Å². The van der Waals surface area contributed by atoms with Crippen LogP contribution in [0.15, 0.2) is 78.9 Å². The van der Waals surface area contributed by atoms with Crippen molar-refractivity contribution in [1.82, 2.24) is 0 Å². The Kier molecular flexibility index (Phi) is 7.27. The first-order valence-electron chi connectivity index (χ1n) is 9.98. The Bertz CT molecular complexity index is 1190. The third-order valence-corrected chi connectivity index (χ3v) is 5.76. The van der Waals surface area contributed by atoms with Crippen LogP contribution in [-0.2, 0) is 21.3 Å². The number of rotatable bonds is 8. The molecule has 0 aromatic heterocycles. The molecule has 0 aliphatic heterocycles. The molecule has 0 radical (unpaired) electrons. The highest BCUT2D eigenvalue weighted by atomic mass is 32.2. The molecule has 0 aliphatic carbocycles. The van der Waals surface area contributed by atoms with Crippen molar-refractivity contribution in [3.05, 3.63) is 95.6 Å². The fraction of sp³-hybridized carbons (Fsp3) is 0.167. The van der Waals surface area contributed by atoms with Gasteiger partial charge in [-0.15, -0.1) is 0 Å². The van der Waals surface area contributed by atoms with E-state index in [4.69, 9.17) is 4.74 Å². The molecule has 0 saturated carbocycles. The second kappa shape index (κ2) is 10.1. The zero-order valence-corrected chi connectivity index (χ0v) is 18.6. The molecule has 0 fully saturated rings. The molecule has 7 nitrogen and oxygen atoms in total. The van der Waals surface area contributed by atoms with Crippen LogP contribution in [0.3, 0.4) is 0 Å². The van der Waals surface area contributed by atoms with Crippen molar-refractivity contribution >= 4 is 33.3 Å². The Labute approximate surface area is 187 Å². The molecule has 0 unspecified atom stereocenters. The minimum atomic E-state index is -3.48. The molecule has 0 aliphatic rings. The van der Waals surface area contributed by atoms with Gasteiger partial charge in [-0.05, 0) is 55.0 Å². The van der Waals surface area contributed by atoms with Crippen LogP contribution in [0.1, 0.15) is 33.2 Å². The lowest BCUT2D eigenvalue weighted by Gasteiger charge is -2.22. The van der Waals surface area contributed by atoms with Crippen LogP contribution in [-0.4, -0.2) is 33.2 Å². The van der Waals surface area contributed by atoms with Gasteiger partial charge in [0.2, 0.25) is 10.0 Å². The van der Waals surface area contributed by atoms with Gasteiger partial charge in [0.15, 0.2) is 0 Å². The summed E-state index contributed by atoms with van der Waals surface area (Å²) in [7, 11) is -3.48. The van der Waals surface area contributed by atoms with Crippen LogP contribution in [0, 0.1) is 0 Å². The van der Waals surface area contributed by atoms with Crippen molar-refractivity contribution in [3.8, 4) is 0 Å². The summed E-state index contributed by atoms with van der Waals surface area (Å²) in [5, 5.41) is 2.75. The molecule has 1 N–H and O–H groups in total. The number of carbonyl (C=O) groups is 2. The fourth-order valence-electron chi connectivity index (χ4n) is 3.06. The number of anilines is 2. The smallest absolute Gasteiger partial charge is 0.338 e. The maximum Gasteiger partial charge on any atom is 0.338 e. The molecule has 32 heavy (non-hydrogen) atoms. The van der Waals surface area contributed by atoms with E-state index in [9.17, 15) is 18.0 Å². The van der Waals surface area contributed by atoms with Crippen molar-refractivity contribution in [2.75, 3.05) is 22.5 Å². The zero-order valence-electron chi connectivity index (χ0n) is 17.8. The predicted molar refractivity (Wildman–Crippen MR) is 124 cm³/mol. The van der Waals surface area contributed by atoms with E-state index >= 15 is 0 Å². The Hall–Kier alpha value is -3.65. The maximum atomic E-state index is 12.6. The summed E-state index contributed by atoms with van der Waals surface area (Å²) in [6.07, 6.45) is 1.16. The quantitative estimate of drug-likeness (QED) is 0.520. The number of nitrogens with one attached hydrogen (secondary N) is 1. The number of hydrogen-bond donors (Lipinski definition) is 1. The highest BCUT2D eigenvalue weighted by Crippen LogP contribution is 2.20. The number of sulfonamides is 1. The average molecular weight is 453 g/mol. The van der Waals surface area contributed by atoms with Gasteiger partial charge in [-0.1, -0.05) is 36.4 Å². The molecule has 0 heterocycles. The van der Waals surface area contributed by atoms with Gasteiger partial charge in [0, 0.05) is 11.3 Å². The van der Waals surface area contributed by atoms with Crippen molar-refractivity contribution in [2.45, 2.75) is 13.5 Å². The lowest BCUT2D eigenvalue weighted by molar-refractivity contribution is 0.0526. The normalized spacial score (nSPS) is 10.9. The summed E-state index contributed by atoms with van der Waals surface area (Å²) in [6, 6.07) is 22.0. The maximum absolute atomic E-state index is 12.6. The van der Waals surface area contributed by atoms with E-state index in [0.29, 0.717) is 22.5 Å². The molecular formula is C24H24N2O5S. The molecule has 0 spiro atoms. The van der Waals surface area contributed by atoms with E-state index in [1.54, 1.807) is 79.7 Å². The highest BCUT2D eigenvalue weighted by molar-refractivity contribution is 7.92. The van der Waals surface area contributed by atoms with Crippen LogP contribution in [0.25, 0.3) is 0 Å². The minimum Gasteiger partial charge on any atom is -0.462 e. The largest absolute Gasteiger partial charge is 0.462 e. The number of esters is 1. The molecule has 1 amide bonds. The van der Waals surface area contributed by atoms with Gasteiger partial charge in [0.25, 0.3) is 5.91 Å². The monoisotopic (exact) mass is 452 g/mol. The molecule has 8 heteroatoms. The Morgan fingerprint density at radius 1 is 0.906 bits per heavy atom. The SMILES string of the molecule is CCOC(=O)c1cccc(NC(=O)c2ccc(CN(c3ccccc3)S(C)(=O)=O)cc2)c1. The summed E-state index contributed by atoms with van der Waals surface area (Å²) >= 11 is 0. The van der Waals surface area contributed by atoms with E-state index in [2.05, 4.69) is 5.32 Å². The number of nitrogens with zero attached hydrogens (tertiary/aromatic N) is 1. The molecule has 0 atom stereocenters. The highest BCUT2D eigenvalue weighted by Gasteiger charge is 2.18. The summed E-state index contributed by atoms with van der Waals surface area (Å²) < 4.78 is 30.8. The van der Waals surface area contributed by atoms with Crippen LogP contribution in [0.2, 0.25) is 0 Å². The Morgan fingerprint density at radius 2 is 1.59 bits per heavy atom. The van der Waals surface area contributed by atoms with E-state index in [-0.39, 0.29) is 19.1 Å². The Morgan fingerprint density at radius 3 is 2.22 bits per heavy atom. The zero-order chi connectivity index (χ0) is 23.1. The molecule has 0 saturated heterocycles. The topological polar surface area (TPSA) is 92.8 Å². The molecule has 0 bridgehead atoms. The second-order valence-corrected chi connectivity index (χ2v) is 8.96. The van der Waals surface area contributed by atoms with E-state index < -0.39 is 16.0 Å². The number of benzene rings is 3. The van der Waals surface area contributed by atoms with Gasteiger partial charge in [-0.3, -0.25) is 9.10 Å². The third-order valence-electron chi connectivity index (χ3n) is 4.62. The van der Waals surface area contributed by atoms with Crippen molar-refractivity contribution < 1.29 is 22.7 Å². The fourth-order valence-corrected chi connectivity index (χ4v) is 3.95. The number of para-hydroxylation sites is 1.